The molecular weight excluding hydrogens is 872 g/mol. The summed E-state index contributed by atoms with van der Waals surface area (Å²) < 4.78 is 80.7. The highest BCUT2D eigenvalue weighted by Crippen LogP contribution is 2.38. The molecule has 1 unspecified atom stereocenters. The van der Waals surface area contributed by atoms with Gasteiger partial charge >= 0.3 is 6.18 Å². The number of benzene rings is 5. The first kappa shape index (κ1) is 45.6. The van der Waals surface area contributed by atoms with E-state index in [1.54, 1.807) is 36.5 Å². The van der Waals surface area contributed by atoms with Crippen molar-refractivity contribution in [1.82, 2.24) is 19.5 Å². The monoisotopic (exact) mass is 918 g/mol. The largest absolute Gasteiger partial charge is 0.482 e. The minimum absolute atomic E-state index is 0.0484. The summed E-state index contributed by atoms with van der Waals surface area (Å²) >= 11 is 0. The highest BCUT2D eigenvalue weighted by molar-refractivity contribution is 6.99. The summed E-state index contributed by atoms with van der Waals surface area (Å²) in [7, 11) is -2.89. The number of nitrogens with one attached hydrogen (secondary N) is 2. The van der Waals surface area contributed by atoms with E-state index in [1.807, 2.05) is 54.6 Å². The number of anilines is 3. The molecule has 0 bridgehead atoms. The Hall–Kier alpha value is -6.91. The molecule has 2 amide bonds. The number of nitrogens with zero attached hydrogens (tertiary/aromatic N) is 4. The number of rotatable bonds is 15. The van der Waals surface area contributed by atoms with Gasteiger partial charge in [0.2, 0.25) is 11.9 Å². The number of pyridine rings is 1. The van der Waals surface area contributed by atoms with E-state index in [0.717, 1.165) is 21.5 Å². The second-order valence-electron chi connectivity index (χ2n) is 17.2. The highest BCUT2D eigenvalue weighted by atomic mass is 28.4. The molecule has 5 aromatic carbocycles. The van der Waals surface area contributed by atoms with Crippen LogP contribution in [0.25, 0.3) is 16.8 Å². The van der Waals surface area contributed by atoms with Crippen LogP contribution in [0.4, 0.5) is 39.3 Å². The molecule has 0 radical (unpaired) electrons. The molecule has 10 nitrogen and oxygen atoms in total. The first-order valence-electron chi connectivity index (χ1n) is 21.4. The van der Waals surface area contributed by atoms with Gasteiger partial charge in [-0.05, 0) is 87.6 Å². The summed E-state index contributed by atoms with van der Waals surface area (Å²) in [5.74, 6) is -2.07. The van der Waals surface area contributed by atoms with Gasteiger partial charge in [0.15, 0.2) is 12.3 Å². The number of carbonyl (C=O) groups is 2. The van der Waals surface area contributed by atoms with Crippen LogP contribution in [0.3, 0.4) is 0 Å². The van der Waals surface area contributed by atoms with Crippen LogP contribution in [0.2, 0.25) is 5.04 Å². The zero-order valence-corrected chi connectivity index (χ0v) is 37.4. The van der Waals surface area contributed by atoms with E-state index in [1.165, 1.54) is 39.7 Å². The number of alkyl halides is 4. The molecule has 1 aliphatic heterocycles. The van der Waals surface area contributed by atoms with E-state index in [0.29, 0.717) is 23.3 Å². The molecule has 1 atom stereocenters. The van der Waals surface area contributed by atoms with Gasteiger partial charge in [-0.3, -0.25) is 9.59 Å². The van der Waals surface area contributed by atoms with Gasteiger partial charge in [0, 0.05) is 29.6 Å². The van der Waals surface area contributed by atoms with Gasteiger partial charge < -0.3 is 24.7 Å². The molecular formula is C50H47F5N6O4Si. The Kier molecular flexibility index (Phi) is 13.1. The van der Waals surface area contributed by atoms with Gasteiger partial charge in [-0.25, -0.2) is 13.3 Å². The van der Waals surface area contributed by atoms with Crippen molar-refractivity contribution in [2.75, 3.05) is 36.9 Å². The van der Waals surface area contributed by atoms with Gasteiger partial charge in [-0.1, -0.05) is 106 Å². The number of likely N-dealkylation sites (tertiary alicyclic amines) is 1. The molecule has 1 saturated heterocycles. The normalized spacial score (nSPS) is 13.8. The number of hydrogen-bond donors (Lipinski definition) is 2. The number of hydrogen-bond acceptors (Lipinski definition) is 7. The third-order valence-corrected chi connectivity index (χ3v) is 16.6. The van der Waals surface area contributed by atoms with Crippen molar-refractivity contribution in [1.29, 1.82) is 0 Å². The first-order valence-corrected chi connectivity index (χ1v) is 23.3. The van der Waals surface area contributed by atoms with E-state index < -0.39 is 44.9 Å². The molecule has 0 aliphatic carbocycles. The molecule has 7 aromatic rings. The number of fused-ring (bicyclic) bond motifs is 1. The Morgan fingerprint density at radius 2 is 1.45 bits per heavy atom. The van der Waals surface area contributed by atoms with E-state index in [4.69, 9.17) is 9.16 Å². The lowest BCUT2D eigenvalue weighted by Crippen LogP contribution is -2.66. The van der Waals surface area contributed by atoms with Crippen molar-refractivity contribution in [2.45, 2.75) is 50.5 Å². The molecule has 0 saturated carbocycles. The maximum absolute atomic E-state index is 14.2. The minimum atomic E-state index is -4.65. The van der Waals surface area contributed by atoms with Crippen LogP contribution in [0.15, 0.2) is 146 Å². The summed E-state index contributed by atoms with van der Waals surface area (Å²) in [5.41, 5.74) is 3.31. The summed E-state index contributed by atoms with van der Waals surface area (Å²) in [6, 6.07) is 41.2. The lowest BCUT2D eigenvalue weighted by Gasteiger charge is -2.43. The Balaban J connectivity index is 0.977. The third kappa shape index (κ3) is 10.1. The molecule has 2 aromatic heterocycles. The average Bonchev–Trinajstić information content (AvgIpc) is 3.70. The highest BCUT2D eigenvalue weighted by Gasteiger charge is 2.50. The number of carbonyl (C=O) groups excluding carboxylic acids is 2. The van der Waals surface area contributed by atoms with Gasteiger partial charge in [0.1, 0.15) is 17.7 Å². The van der Waals surface area contributed by atoms with Crippen molar-refractivity contribution < 1.29 is 40.7 Å². The molecule has 2 N–H and O–H groups in total. The molecule has 1 aliphatic rings. The van der Waals surface area contributed by atoms with Gasteiger partial charge in [-0.15, -0.1) is 5.10 Å². The molecule has 0 spiro atoms. The summed E-state index contributed by atoms with van der Waals surface area (Å²) in [6.45, 7) is 5.06. The van der Waals surface area contributed by atoms with Gasteiger partial charge in [-0.2, -0.15) is 18.2 Å². The van der Waals surface area contributed by atoms with Gasteiger partial charge in [0.05, 0.1) is 24.7 Å². The quantitative estimate of drug-likeness (QED) is 0.0779. The average molecular weight is 919 g/mol. The number of ether oxygens (including phenoxy) is 1. The molecule has 8 rings (SSSR count). The Labute approximate surface area is 379 Å². The van der Waals surface area contributed by atoms with Crippen LogP contribution in [-0.2, 0) is 9.22 Å². The molecule has 3 heterocycles. The zero-order chi connectivity index (χ0) is 46.6. The second kappa shape index (κ2) is 18.9. The SMILES string of the molecule is CC(C)(C)[Si](OCCC(C(=O)Nc1ccc(-c2ccc3nc(Nc4ccc(C(=O)N5CC(F)C5)cc4OCC(F)(F)F)nn3c2)cc1)c1ccc(F)cc1)(c1ccccc1)c1ccccc1. The van der Waals surface area contributed by atoms with E-state index in [-0.39, 0.29) is 53.6 Å². The standard InChI is InChI=1S/C50H47F5N6O4Si/c1-49(2,3)66(40-10-6-4-7-11-40,41-12-8-5-9-13-41)65-27-26-42(34-14-20-37(51)21-15-34)46(62)56-39-22-16-33(17-23-39)36-19-25-45-58-48(59-61(45)29-36)57-43-24-18-35(47(63)60-30-38(52)31-60)28-44(43)64-32-50(53,54)55/h4-25,28-29,38,42H,26-27,30-32H2,1-3H3,(H,56,62)(H,57,59). The molecule has 16 heteroatoms. The van der Waals surface area contributed by atoms with Crippen LogP contribution in [0, 0.1) is 5.82 Å². The number of halogens is 5. The minimum Gasteiger partial charge on any atom is -0.482 e. The van der Waals surface area contributed by atoms with E-state index in [2.05, 4.69) is 65.8 Å². The number of amides is 2. The van der Waals surface area contributed by atoms with Gasteiger partial charge in [0.25, 0.3) is 14.2 Å². The van der Waals surface area contributed by atoms with E-state index >= 15 is 0 Å². The molecule has 340 valence electrons. The second-order valence-corrected chi connectivity index (χ2v) is 21.5. The maximum atomic E-state index is 14.2. The van der Waals surface area contributed by atoms with Crippen LogP contribution in [0.5, 0.6) is 5.75 Å². The fraction of sp³-hybridized carbons (Fsp3) is 0.240. The Morgan fingerprint density at radius 3 is 2.06 bits per heavy atom. The van der Waals surface area contributed by atoms with Crippen LogP contribution < -0.4 is 25.7 Å². The molecule has 66 heavy (non-hydrogen) atoms. The van der Waals surface area contributed by atoms with E-state index in [9.17, 15) is 31.5 Å². The summed E-state index contributed by atoms with van der Waals surface area (Å²) in [5, 5.41) is 12.4. The van der Waals surface area contributed by atoms with Crippen molar-refractivity contribution in [3.63, 3.8) is 0 Å². The van der Waals surface area contributed by atoms with Crippen LogP contribution in [0.1, 0.15) is 49.0 Å². The third-order valence-electron chi connectivity index (χ3n) is 11.5. The lowest BCUT2D eigenvalue weighted by molar-refractivity contribution is -0.153. The van der Waals surface area contributed by atoms with Crippen LogP contribution >= 0.6 is 0 Å². The predicted octanol–water partition coefficient (Wildman–Crippen LogP) is 9.70. The Bertz CT molecular complexity index is 2760. The Morgan fingerprint density at radius 1 is 0.818 bits per heavy atom. The maximum Gasteiger partial charge on any atom is 0.422 e. The first-order chi connectivity index (χ1) is 31.6. The summed E-state index contributed by atoms with van der Waals surface area (Å²) in [4.78, 5) is 32.7. The zero-order valence-electron chi connectivity index (χ0n) is 36.4. The summed E-state index contributed by atoms with van der Waals surface area (Å²) in [6.07, 6.45) is -3.72. The predicted molar refractivity (Wildman–Crippen MR) is 246 cm³/mol. The van der Waals surface area contributed by atoms with Crippen molar-refractivity contribution in [3.8, 4) is 16.9 Å². The van der Waals surface area contributed by atoms with Crippen molar-refractivity contribution in [3.05, 3.63) is 163 Å². The lowest BCUT2D eigenvalue weighted by atomic mass is 9.95. The van der Waals surface area contributed by atoms with Crippen molar-refractivity contribution >= 4 is 53.5 Å². The topological polar surface area (TPSA) is 110 Å². The van der Waals surface area contributed by atoms with Crippen molar-refractivity contribution in [2.24, 2.45) is 0 Å². The number of aromatic nitrogens is 3. The smallest absolute Gasteiger partial charge is 0.422 e. The molecule has 1 fully saturated rings. The fourth-order valence-electron chi connectivity index (χ4n) is 8.25. The van der Waals surface area contributed by atoms with Crippen LogP contribution in [-0.4, -0.2) is 78.3 Å². The fourth-order valence-corrected chi connectivity index (χ4v) is 12.8.